The van der Waals surface area contributed by atoms with Crippen LogP contribution in [0.25, 0.3) is 10.6 Å². The molecule has 0 bridgehead atoms. The largest absolute Gasteiger partial charge is 0.348 e. The zero-order valence-electron chi connectivity index (χ0n) is 14.6. The minimum absolute atomic E-state index is 0.00359. The van der Waals surface area contributed by atoms with E-state index in [2.05, 4.69) is 41.8 Å². The van der Waals surface area contributed by atoms with Crippen LogP contribution in [0, 0.1) is 19.8 Å². The van der Waals surface area contributed by atoms with Gasteiger partial charge in [0.15, 0.2) is 0 Å². The van der Waals surface area contributed by atoms with Crippen molar-refractivity contribution < 1.29 is 4.79 Å². The molecule has 1 amide bonds. The topological polar surface area (TPSA) is 54.0 Å². The molecule has 1 saturated heterocycles. The molecule has 2 aromatic rings. The average Bonchev–Trinajstić information content (AvgIpc) is 2.98. The summed E-state index contributed by atoms with van der Waals surface area (Å²) in [4.78, 5) is 18.3. The lowest BCUT2D eigenvalue weighted by atomic mass is 9.98. The highest BCUT2D eigenvalue weighted by atomic mass is 32.1. The first-order valence-corrected chi connectivity index (χ1v) is 9.41. The number of rotatable bonds is 4. The SMILES string of the molecule is Cc1ccc(-c2nc(C)c(C(C)NC(=O)C3CCCNC3)s2)cc1. The second-order valence-electron chi connectivity index (χ2n) is 6.61. The van der Waals surface area contributed by atoms with E-state index in [-0.39, 0.29) is 17.9 Å². The Balaban J connectivity index is 1.71. The van der Waals surface area contributed by atoms with Crippen molar-refractivity contribution in [1.29, 1.82) is 0 Å². The lowest BCUT2D eigenvalue weighted by Gasteiger charge is -2.23. The smallest absolute Gasteiger partial charge is 0.224 e. The number of piperidine rings is 1. The maximum atomic E-state index is 12.4. The van der Waals surface area contributed by atoms with Gasteiger partial charge in [0, 0.05) is 12.1 Å². The summed E-state index contributed by atoms with van der Waals surface area (Å²) in [6.07, 6.45) is 2.05. The molecule has 1 fully saturated rings. The second-order valence-corrected chi connectivity index (χ2v) is 7.64. The van der Waals surface area contributed by atoms with E-state index in [0.717, 1.165) is 47.1 Å². The van der Waals surface area contributed by atoms with Crippen molar-refractivity contribution in [3.05, 3.63) is 40.4 Å². The van der Waals surface area contributed by atoms with Crippen LogP contribution in [0.3, 0.4) is 0 Å². The third-order valence-electron chi connectivity index (χ3n) is 4.55. The Bertz CT molecular complexity index is 702. The first kappa shape index (κ1) is 17.1. The van der Waals surface area contributed by atoms with E-state index in [1.54, 1.807) is 11.3 Å². The van der Waals surface area contributed by atoms with Crippen molar-refractivity contribution in [2.45, 2.75) is 39.7 Å². The van der Waals surface area contributed by atoms with E-state index in [0.29, 0.717) is 0 Å². The molecule has 24 heavy (non-hydrogen) atoms. The van der Waals surface area contributed by atoms with Gasteiger partial charge < -0.3 is 10.6 Å². The van der Waals surface area contributed by atoms with Crippen LogP contribution in [0.15, 0.2) is 24.3 Å². The number of carbonyl (C=O) groups is 1. The Labute approximate surface area is 147 Å². The van der Waals surface area contributed by atoms with Crippen LogP contribution in [0.5, 0.6) is 0 Å². The molecule has 4 nitrogen and oxygen atoms in total. The fraction of sp³-hybridized carbons (Fsp3) is 0.474. The van der Waals surface area contributed by atoms with Crippen LogP contribution in [0.2, 0.25) is 0 Å². The van der Waals surface area contributed by atoms with Crippen LogP contribution < -0.4 is 10.6 Å². The van der Waals surface area contributed by atoms with E-state index in [4.69, 9.17) is 4.98 Å². The van der Waals surface area contributed by atoms with Gasteiger partial charge in [-0.15, -0.1) is 11.3 Å². The van der Waals surface area contributed by atoms with Crippen molar-refractivity contribution >= 4 is 17.2 Å². The molecule has 0 spiro atoms. The summed E-state index contributed by atoms with van der Waals surface area (Å²) in [5, 5.41) is 7.49. The number of aryl methyl sites for hydroxylation is 2. The molecule has 1 aromatic heterocycles. The van der Waals surface area contributed by atoms with Gasteiger partial charge in [-0.25, -0.2) is 4.98 Å². The second kappa shape index (κ2) is 7.45. The van der Waals surface area contributed by atoms with Gasteiger partial charge >= 0.3 is 0 Å². The molecule has 2 heterocycles. The van der Waals surface area contributed by atoms with Crippen molar-refractivity contribution in [2.75, 3.05) is 13.1 Å². The molecule has 1 aliphatic heterocycles. The van der Waals surface area contributed by atoms with Gasteiger partial charge in [-0.2, -0.15) is 0 Å². The molecule has 1 aromatic carbocycles. The number of hydrogen-bond donors (Lipinski definition) is 2. The van der Waals surface area contributed by atoms with Gasteiger partial charge in [-0.05, 0) is 40.2 Å². The fourth-order valence-corrected chi connectivity index (χ4v) is 4.18. The first-order chi connectivity index (χ1) is 11.5. The number of hydrogen-bond acceptors (Lipinski definition) is 4. The molecule has 0 aliphatic carbocycles. The molecular weight excluding hydrogens is 318 g/mol. The Morgan fingerprint density at radius 2 is 2.08 bits per heavy atom. The minimum Gasteiger partial charge on any atom is -0.348 e. The Morgan fingerprint density at radius 1 is 1.33 bits per heavy atom. The summed E-state index contributed by atoms with van der Waals surface area (Å²) in [6.45, 7) is 7.96. The molecule has 1 aliphatic rings. The summed E-state index contributed by atoms with van der Waals surface area (Å²) >= 11 is 1.67. The van der Waals surface area contributed by atoms with Crippen molar-refractivity contribution in [3.8, 4) is 10.6 Å². The van der Waals surface area contributed by atoms with E-state index in [1.807, 2.05) is 13.8 Å². The highest BCUT2D eigenvalue weighted by Crippen LogP contribution is 2.32. The number of nitrogens with one attached hydrogen (secondary N) is 2. The molecule has 3 rings (SSSR count). The predicted octanol–water partition coefficient (Wildman–Crippen LogP) is 3.60. The number of carbonyl (C=O) groups excluding carboxylic acids is 1. The summed E-state index contributed by atoms with van der Waals surface area (Å²) in [6, 6.07) is 8.42. The summed E-state index contributed by atoms with van der Waals surface area (Å²) in [5.74, 6) is 0.241. The molecule has 2 N–H and O–H groups in total. The maximum absolute atomic E-state index is 12.4. The maximum Gasteiger partial charge on any atom is 0.224 e. The molecular formula is C19H25N3OS. The van der Waals surface area contributed by atoms with Gasteiger partial charge in [-0.3, -0.25) is 4.79 Å². The number of aromatic nitrogens is 1. The third kappa shape index (κ3) is 3.84. The van der Waals surface area contributed by atoms with Gasteiger partial charge in [0.05, 0.1) is 22.5 Å². The van der Waals surface area contributed by atoms with Crippen molar-refractivity contribution in [3.63, 3.8) is 0 Å². The quantitative estimate of drug-likeness (QED) is 0.892. The fourth-order valence-electron chi connectivity index (χ4n) is 3.10. The molecule has 5 heteroatoms. The summed E-state index contributed by atoms with van der Waals surface area (Å²) in [5.41, 5.74) is 3.38. The Hall–Kier alpha value is -1.72. The average molecular weight is 343 g/mol. The third-order valence-corrected chi connectivity index (χ3v) is 5.94. The van der Waals surface area contributed by atoms with Gasteiger partial charge in [0.1, 0.15) is 5.01 Å². The highest BCUT2D eigenvalue weighted by Gasteiger charge is 2.24. The highest BCUT2D eigenvalue weighted by molar-refractivity contribution is 7.15. The molecule has 2 atom stereocenters. The lowest BCUT2D eigenvalue weighted by Crippen LogP contribution is -2.41. The van der Waals surface area contributed by atoms with Crippen LogP contribution in [-0.2, 0) is 4.79 Å². The van der Waals surface area contributed by atoms with Crippen LogP contribution in [0.4, 0.5) is 0 Å². The first-order valence-electron chi connectivity index (χ1n) is 8.60. The van der Waals surface area contributed by atoms with E-state index < -0.39 is 0 Å². The Morgan fingerprint density at radius 3 is 2.75 bits per heavy atom. The van der Waals surface area contributed by atoms with Gasteiger partial charge in [-0.1, -0.05) is 29.8 Å². The number of nitrogens with zero attached hydrogens (tertiary/aromatic N) is 1. The minimum atomic E-state index is -0.00359. The molecule has 2 unspecified atom stereocenters. The van der Waals surface area contributed by atoms with Crippen molar-refractivity contribution in [2.24, 2.45) is 5.92 Å². The van der Waals surface area contributed by atoms with Crippen LogP contribution in [-0.4, -0.2) is 24.0 Å². The summed E-state index contributed by atoms with van der Waals surface area (Å²) in [7, 11) is 0. The predicted molar refractivity (Wildman–Crippen MR) is 99.2 cm³/mol. The van der Waals surface area contributed by atoms with Crippen LogP contribution >= 0.6 is 11.3 Å². The van der Waals surface area contributed by atoms with Gasteiger partial charge in [0.25, 0.3) is 0 Å². The van der Waals surface area contributed by atoms with Crippen molar-refractivity contribution in [1.82, 2.24) is 15.6 Å². The normalized spacial score (nSPS) is 19.0. The monoisotopic (exact) mass is 343 g/mol. The number of amides is 1. The molecule has 128 valence electrons. The van der Waals surface area contributed by atoms with E-state index in [9.17, 15) is 4.79 Å². The Kier molecular flexibility index (Phi) is 5.31. The zero-order chi connectivity index (χ0) is 17.1. The standard InChI is InChI=1S/C19H25N3OS/c1-12-6-8-15(9-7-12)19-22-14(3)17(24-19)13(2)21-18(23)16-5-4-10-20-11-16/h6-9,13,16,20H,4-5,10-11H2,1-3H3,(H,21,23). The zero-order valence-corrected chi connectivity index (χ0v) is 15.4. The van der Waals surface area contributed by atoms with E-state index >= 15 is 0 Å². The molecule has 0 radical (unpaired) electrons. The summed E-state index contributed by atoms with van der Waals surface area (Å²) < 4.78 is 0. The number of benzene rings is 1. The molecule has 0 saturated carbocycles. The lowest BCUT2D eigenvalue weighted by molar-refractivity contribution is -0.126. The van der Waals surface area contributed by atoms with E-state index in [1.165, 1.54) is 5.56 Å². The van der Waals surface area contributed by atoms with Crippen LogP contribution in [0.1, 0.15) is 41.9 Å². The number of thiazole rings is 1. The van der Waals surface area contributed by atoms with Gasteiger partial charge in [0.2, 0.25) is 5.91 Å².